The lowest BCUT2D eigenvalue weighted by molar-refractivity contribution is 0.0512. The lowest BCUT2D eigenvalue weighted by Crippen LogP contribution is -2.14. The lowest BCUT2D eigenvalue weighted by Gasteiger charge is -2.12. The monoisotopic (exact) mass is 421 g/mol. The quantitative estimate of drug-likeness (QED) is 0.280. The van der Waals surface area contributed by atoms with E-state index in [2.05, 4.69) is 17.3 Å². The van der Waals surface area contributed by atoms with Crippen LogP contribution in [0, 0.1) is 0 Å². The summed E-state index contributed by atoms with van der Waals surface area (Å²) in [5.74, 6) is -0.216. The molecule has 1 aliphatic rings. The average Bonchev–Trinajstić information content (AvgIpc) is 3.52. The Kier molecular flexibility index (Phi) is 6.04. The predicted molar refractivity (Wildman–Crippen MR) is 115 cm³/mol. The Bertz CT molecular complexity index is 1080. The molecule has 0 N–H and O–H groups in total. The molecule has 2 aromatic carbocycles. The maximum atomic E-state index is 13.6. The molecule has 0 spiro atoms. The van der Waals surface area contributed by atoms with Crippen LogP contribution >= 0.6 is 11.8 Å². The van der Waals surface area contributed by atoms with Gasteiger partial charge in [0.15, 0.2) is 11.5 Å². The average molecular weight is 422 g/mol. The first-order valence-corrected chi connectivity index (χ1v) is 11.3. The molecule has 0 aliphatic heterocycles. The van der Waals surface area contributed by atoms with Gasteiger partial charge in [0, 0.05) is 16.4 Å². The smallest absolute Gasteiger partial charge is 0.361 e. The Labute approximate surface area is 179 Å². The first-order valence-electron chi connectivity index (χ1n) is 10.0. The third kappa shape index (κ3) is 4.05. The van der Waals surface area contributed by atoms with Crippen LogP contribution < -0.4 is 0 Å². The summed E-state index contributed by atoms with van der Waals surface area (Å²) in [6.45, 7) is 1.93. The van der Waals surface area contributed by atoms with Gasteiger partial charge in [-0.1, -0.05) is 47.6 Å². The minimum absolute atomic E-state index is 0.0249. The molecule has 3 aromatic rings. The van der Waals surface area contributed by atoms with Crippen molar-refractivity contribution in [3.8, 4) is 0 Å². The van der Waals surface area contributed by atoms with Gasteiger partial charge in [0.25, 0.3) is 0 Å². The molecule has 30 heavy (non-hydrogen) atoms. The van der Waals surface area contributed by atoms with E-state index in [9.17, 15) is 9.59 Å². The minimum atomic E-state index is -0.623. The van der Waals surface area contributed by atoms with Crippen LogP contribution in [0.15, 0.2) is 57.9 Å². The van der Waals surface area contributed by atoms with Crippen LogP contribution in [0.4, 0.5) is 0 Å². The molecule has 5 nitrogen and oxygen atoms in total. The molecule has 1 heterocycles. The van der Waals surface area contributed by atoms with Gasteiger partial charge in [-0.15, -0.1) is 11.8 Å². The number of carbonyl (C=O) groups is 2. The van der Waals surface area contributed by atoms with E-state index < -0.39 is 5.97 Å². The Balaban J connectivity index is 1.75. The van der Waals surface area contributed by atoms with Crippen molar-refractivity contribution in [2.45, 2.75) is 37.0 Å². The van der Waals surface area contributed by atoms with Crippen LogP contribution in [0.5, 0.6) is 0 Å². The van der Waals surface area contributed by atoms with Crippen molar-refractivity contribution >= 4 is 23.5 Å². The first-order chi connectivity index (χ1) is 14.6. The fourth-order valence-electron chi connectivity index (χ4n) is 3.57. The summed E-state index contributed by atoms with van der Waals surface area (Å²) in [6, 6.07) is 15.7. The van der Waals surface area contributed by atoms with Gasteiger partial charge >= 0.3 is 5.97 Å². The van der Waals surface area contributed by atoms with Gasteiger partial charge in [-0.05, 0) is 49.6 Å². The molecule has 0 amide bonds. The highest BCUT2D eigenvalue weighted by Gasteiger charge is 2.37. The third-order valence-corrected chi connectivity index (χ3v) is 6.04. The number of ketones is 1. The molecular formula is C24H23NO4S. The van der Waals surface area contributed by atoms with Crippen molar-refractivity contribution in [2.75, 3.05) is 12.9 Å². The fourth-order valence-corrected chi connectivity index (χ4v) is 4.19. The van der Waals surface area contributed by atoms with E-state index >= 15 is 0 Å². The second-order valence-corrected chi connectivity index (χ2v) is 8.09. The molecule has 4 rings (SSSR count). The molecule has 1 saturated carbocycles. The van der Waals surface area contributed by atoms with E-state index in [1.165, 1.54) is 4.90 Å². The van der Waals surface area contributed by atoms with Crippen molar-refractivity contribution in [2.24, 2.45) is 0 Å². The molecular weight excluding hydrogens is 398 g/mol. The summed E-state index contributed by atoms with van der Waals surface area (Å²) in [5.41, 5.74) is 2.85. The topological polar surface area (TPSA) is 69.4 Å². The van der Waals surface area contributed by atoms with Gasteiger partial charge in [-0.3, -0.25) is 4.79 Å². The fraction of sp³-hybridized carbons (Fsp3) is 0.292. The molecule has 0 saturated heterocycles. The van der Waals surface area contributed by atoms with Gasteiger partial charge in [0.1, 0.15) is 5.56 Å². The number of rotatable bonds is 8. The van der Waals surface area contributed by atoms with E-state index in [0.29, 0.717) is 17.7 Å². The molecule has 1 aromatic heterocycles. The first kappa shape index (κ1) is 20.4. The molecule has 0 bridgehead atoms. The Morgan fingerprint density at radius 3 is 2.50 bits per heavy atom. The van der Waals surface area contributed by atoms with Crippen LogP contribution in [0.3, 0.4) is 0 Å². The number of nitrogens with zero attached hydrogens (tertiary/aromatic N) is 1. The molecule has 1 fully saturated rings. The van der Waals surface area contributed by atoms with Crippen molar-refractivity contribution in [3.63, 3.8) is 0 Å². The standard InChI is InChI=1S/C24H23NO4S/c1-3-28-24(27)21-20(23(29-25-21)15-12-13-15)22(26)18-10-6-4-8-16(18)14-17-9-5-7-11-19(17)30-2/h4-11,15H,3,12-14H2,1-2H3. The summed E-state index contributed by atoms with van der Waals surface area (Å²) in [7, 11) is 0. The van der Waals surface area contributed by atoms with Crippen LogP contribution in [0.2, 0.25) is 0 Å². The molecule has 0 radical (unpaired) electrons. The molecule has 0 unspecified atom stereocenters. The number of carbonyl (C=O) groups excluding carboxylic acids is 2. The number of ether oxygens (including phenoxy) is 1. The van der Waals surface area contributed by atoms with Gasteiger partial charge in [-0.2, -0.15) is 0 Å². The maximum absolute atomic E-state index is 13.6. The Hall–Kier alpha value is -2.86. The molecule has 154 valence electrons. The normalized spacial score (nSPS) is 13.3. The summed E-state index contributed by atoms with van der Waals surface area (Å²) in [4.78, 5) is 27.2. The summed E-state index contributed by atoms with van der Waals surface area (Å²) in [6.07, 6.45) is 4.53. The lowest BCUT2D eigenvalue weighted by atomic mass is 9.92. The third-order valence-electron chi connectivity index (χ3n) is 5.20. The number of aromatic nitrogens is 1. The highest BCUT2D eigenvalue weighted by Crippen LogP contribution is 2.43. The minimum Gasteiger partial charge on any atom is -0.461 e. The van der Waals surface area contributed by atoms with Crippen molar-refractivity contribution in [3.05, 3.63) is 82.2 Å². The zero-order chi connectivity index (χ0) is 21.1. The van der Waals surface area contributed by atoms with E-state index in [1.54, 1.807) is 24.8 Å². The summed E-state index contributed by atoms with van der Waals surface area (Å²) < 4.78 is 10.6. The van der Waals surface area contributed by atoms with Crippen molar-refractivity contribution < 1.29 is 18.8 Å². The largest absolute Gasteiger partial charge is 0.461 e. The van der Waals surface area contributed by atoms with E-state index in [1.807, 2.05) is 36.6 Å². The van der Waals surface area contributed by atoms with Crippen LogP contribution in [-0.4, -0.2) is 29.8 Å². The van der Waals surface area contributed by atoms with Crippen molar-refractivity contribution in [1.29, 1.82) is 0 Å². The predicted octanol–water partition coefficient (Wildman–Crippen LogP) is 5.27. The molecule has 0 atom stereocenters. The zero-order valence-electron chi connectivity index (χ0n) is 17.0. The second kappa shape index (κ2) is 8.88. The number of thioether (sulfide) groups is 1. The number of benzene rings is 2. The summed E-state index contributed by atoms with van der Waals surface area (Å²) in [5, 5.41) is 3.91. The van der Waals surface area contributed by atoms with E-state index in [0.717, 1.165) is 24.0 Å². The van der Waals surface area contributed by atoms with Gasteiger partial charge in [-0.25, -0.2) is 4.79 Å². The van der Waals surface area contributed by atoms with Crippen LogP contribution in [0.1, 0.15) is 69.0 Å². The zero-order valence-corrected chi connectivity index (χ0v) is 17.8. The summed E-state index contributed by atoms with van der Waals surface area (Å²) >= 11 is 1.68. The van der Waals surface area contributed by atoms with Crippen LogP contribution in [0.25, 0.3) is 0 Å². The van der Waals surface area contributed by atoms with Gasteiger partial charge in [0.05, 0.1) is 6.61 Å². The SMILES string of the molecule is CCOC(=O)c1noc(C2CC2)c1C(=O)c1ccccc1Cc1ccccc1SC. The van der Waals surface area contributed by atoms with Crippen molar-refractivity contribution in [1.82, 2.24) is 5.16 Å². The van der Waals surface area contributed by atoms with E-state index in [-0.39, 0.29) is 29.6 Å². The maximum Gasteiger partial charge on any atom is 0.361 e. The van der Waals surface area contributed by atoms with Crippen LogP contribution in [-0.2, 0) is 11.2 Å². The Morgan fingerprint density at radius 1 is 1.10 bits per heavy atom. The number of hydrogen-bond acceptors (Lipinski definition) is 6. The number of esters is 1. The highest BCUT2D eigenvalue weighted by molar-refractivity contribution is 7.98. The number of hydrogen-bond donors (Lipinski definition) is 0. The van der Waals surface area contributed by atoms with Gasteiger partial charge < -0.3 is 9.26 Å². The molecule has 1 aliphatic carbocycles. The Morgan fingerprint density at radius 2 is 1.80 bits per heavy atom. The second-order valence-electron chi connectivity index (χ2n) is 7.24. The van der Waals surface area contributed by atoms with Gasteiger partial charge in [0.2, 0.25) is 5.69 Å². The molecule has 6 heteroatoms. The van der Waals surface area contributed by atoms with E-state index in [4.69, 9.17) is 9.26 Å². The highest BCUT2D eigenvalue weighted by atomic mass is 32.2.